The van der Waals surface area contributed by atoms with E-state index in [1.165, 1.54) is 122 Å². The van der Waals surface area contributed by atoms with Crippen LogP contribution >= 0.6 is 15.6 Å². The van der Waals surface area contributed by atoms with Gasteiger partial charge in [-0.15, -0.1) is 0 Å². The third-order valence-corrected chi connectivity index (χ3v) is 17.2. The molecule has 3 unspecified atom stereocenters. The first-order valence-electron chi connectivity index (χ1n) is 34.7. The number of aliphatic hydroxyl groups is 1. The van der Waals surface area contributed by atoms with Crippen LogP contribution in [0, 0.1) is 23.7 Å². The Kier molecular flexibility index (Phi) is 55.7. The molecule has 5 atom stereocenters. The van der Waals surface area contributed by atoms with E-state index in [2.05, 4.69) is 55.4 Å². The van der Waals surface area contributed by atoms with Gasteiger partial charge in [0.1, 0.15) is 19.3 Å². The molecule has 0 heterocycles. The number of hydrogen-bond donors (Lipinski definition) is 3. The Bertz CT molecular complexity index is 1710. The van der Waals surface area contributed by atoms with Crippen molar-refractivity contribution in [1.82, 2.24) is 0 Å². The van der Waals surface area contributed by atoms with E-state index in [0.29, 0.717) is 37.5 Å². The molecular formula is C67H130O17P2. The van der Waals surface area contributed by atoms with E-state index >= 15 is 0 Å². The summed E-state index contributed by atoms with van der Waals surface area (Å²) in [5.74, 6) is 0.754. The molecule has 0 rings (SSSR count). The molecule has 0 aromatic carbocycles. The molecule has 0 aromatic rings. The van der Waals surface area contributed by atoms with Crippen molar-refractivity contribution in [3.8, 4) is 0 Å². The minimum Gasteiger partial charge on any atom is -0.462 e. The van der Waals surface area contributed by atoms with Gasteiger partial charge in [-0.25, -0.2) is 9.13 Å². The van der Waals surface area contributed by atoms with Crippen LogP contribution in [0.3, 0.4) is 0 Å². The summed E-state index contributed by atoms with van der Waals surface area (Å²) in [4.78, 5) is 72.3. The molecule has 0 saturated heterocycles. The highest BCUT2D eigenvalue weighted by Crippen LogP contribution is 2.45. The van der Waals surface area contributed by atoms with Crippen LogP contribution in [0.5, 0.6) is 0 Å². The maximum absolute atomic E-state index is 13.0. The summed E-state index contributed by atoms with van der Waals surface area (Å²) in [7, 11) is -9.89. The third-order valence-electron chi connectivity index (χ3n) is 15.3. The Hall–Kier alpha value is -1.94. The van der Waals surface area contributed by atoms with Gasteiger partial charge < -0.3 is 33.8 Å². The van der Waals surface area contributed by atoms with E-state index in [0.717, 1.165) is 108 Å². The molecule has 0 radical (unpaired) electrons. The van der Waals surface area contributed by atoms with Crippen molar-refractivity contribution in [2.24, 2.45) is 23.7 Å². The van der Waals surface area contributed by atoms with E-state index in [4.69, 9.17) is 37.0 Å². The van der Waals surface area contributed by atoms with Gasteiger partial charge in [0.2, 0.25) is 0 Å². The van der Waals surface area contributed by atoms with Crippen LogP contribution in [0.15, 0.2) is 0 Å². The fourth-order valence-corrected chi connectivity index (χ4v) is 11.5. The highest BCUT2D eigenvalue weighted by molar-refractivity contribution is 7.47. The quantitative estimate of drug-likeness (QED) is 0.0222. The average Bonchev–Trinajstić information content (AvgIpc) is 3.66. The maximum atomic E-state index is 13.0. The number of aliphatic hydroxyl groups excluding tert-OH is 1. The van der Waals surface area contributed by atoms with E-state index < -0.39 is 97.5 Å². The molecule has 0 fully saturated rings. The van der Waals surface area contributed by atoms with Crippen LogP contribution in [-0.2, 0) is 65.4 Å². The molecule has 0 aromatic heterocycles. The molecule has 3 N–H and O–H groups in total. The van der Waals surface area contributed by atoms with Gasteiger partial charge in [0.05, 0.1) is 26.4 Å². The number of phosphoric ester groups is 2. The van der Waals surface area contributed by atoms with Crippen LogP contribution in [0.25, 0.3) is 0 Å². The van der Waals surface area contributed by atoms with Gasteiger partial charge in [-0.2, -0.15) is 0 Å². The van der Waals surface area contributed by atoms with Gasteiger partial charge in [-0.1, -0.05) is 274 Å². The Morgan fingerprint density at radius 2 is 0.488 bits per heavy atom. The van der Waals surface area contributed by atoms with Gasteiger partial charge in [-0.3, -0.25) is 37.3 Å². The molecule has 17 nitrogen and oxygen atoms in total. The van der Waals surface area contributed by atoms with Gasteiger partial charge in [-0.05, 0) is 49.4 Å². The van der Waals surface area contributed by atoms with Gasteiger partial charge >= 0.3 is 39.5 Å². The monoisotopic (exact) mass is 1270 g/mol. The molecule has 510 valence electrons. The Morgan fingerprint density at radius 3 is 0.721 bits per heavy atom. The normalized spacial score (nSPS) is 14.4. The molecule has 0 amide bonds. The van der Waals surface area contributed by atoms with Gasteiger partial charge in [0.15, 0.2) is 12.2 Å². The molecular weight excluding hydrogens is 1140 g/mol. The lowest BCUT2D eigenvalue weighted by molar-refractivity contribution is -0.161. The molecule has 0 aliphatic carbocycles. The van der Waals surface area contributed by atoms with E-state index in [1.54, 1.807) is 0 Å². The van der Waals surface area contributed by atoms with Gasteiger partial charge in [0.25, 0.3) is 0 Å². The topological polar surface area (TPSA) is 237 Å². The minimum atomic E-state index is -4.95. The predicted octanol–water partition coefficient (Wildman–Crippen LogP) is 18.5. The Balaban J connectivity index is 5.23. The molecule has 19 heteroatoms. The first kappa shape index (κ1) is 84.1. The number of carbonyl (C=O) groups is 4. The number of phosphoric acid groups is 2. The molecule has 0 aliphatic rings. The van der Waals surface area contributed by atoms with E-state index in [-0.39, 0.29) is 25.7 Å². The number of rotatable bonds is 64. The lowest BCUT2D eigenvalue weighted by atomic mass is 10.0. The summed E-state index contributed by atoms with van der Waals surface area (Å²) in [6.45, 7) is 14.0. The van der Waals surface area contributed by atoms with Crippen molar-refractivity contribution >= 4 is 39.5 Å². The molecule has 0 saturated carbocycles. The van der Waals surface area contributed by atoms with Crippen molar-refractivity contribution < 1.29 is 80.2 Å². The predicted molar refractivity (Wildman–Crippen MR) is 344 cm³/mol. The average molecular weight is 1270 g/mol. The van der Waals surface area contributed by atoms with Crippen molar-refractivity contribution in [3.05, 3.63) is 0 Å². The summed E-state index contributed by atoms with van der Waals surface area (Å²) in [5.41, 5.74) is 0. The van der Waals surface area contributed by atoms with Crippen molar-refractivity contribution in [1.29, 1.82) is 0 Å². The number of esters is 4. The first-order chi connectivity index (χ1) is 41.1. The zero-order chi connectivity index (χ0) is 63.9. The third kappa shape index (κ3) is 60.9. The lowest BCUT2D eigenvalue weighted by Crippen LogP contribution is -2.30. The smallest absolute Gasteiger partial charge is 0.462 e. The number of carbonyl (C=O) groups excluding carboxylic acids is 4. The zero-order valence-corrected chi connectivity index (χ0v) is 57.7. The van der Waals surface area contributed by atoms with Crippen LogP contribution in [-0.4, -0.2) is 96.7 Å². The van der Waals surface area contributed by atoms with Crippen molar-refractivity contribution in [3.63, 3.8) is 0 Å². The first-order valence-corrected chi connectivity index (χ1v) is 37.7. The van der Waals surface area contributed by atoms with Gasteiger partial charge in [0, 0.05) is 25.7 Å². The SMILES string of the molecule is CC(C)CCCCCCCCCCCCCCC(=O)OC[C@H](COP(=O)(O)OCC(O)COP(=O)(O)OC[C@@H](COC(=O)CCCCCCCCCC(C)C)OC(=O)CCCCCCCCC(C)C)OC(=O)CCCCCCCCCCCC(C)C. The summed E-state index contributed by atoms with van der Waals surface area (Å²) in [6, 6.07) is 0. The Labute approximate surface area is 524 Å². The highest BCUT2D eigenvalue weighted by atomic mass is 31.2. The van der Waals surface area contributed by atoms with Crippen LogP contribution in [0.4, 0.5) is 0 Å². The summed E-state index contributed by atoms with van der Waals surface area (Å²) in [5, 5.41) is 10.6. The van der Waals surface area contributed by atoms with Crippen LogP contribution in [0.2, 0.25) is 0 Å². The number of hydrogen-bond acceptors (Lipinski definition) is 15. The zero-order valence-electron chi connectivity index (χ0n) is 55.9. The summed E-state index contributed by atoms with van der Waals surface area (Å²) < 4.78 is 68.1. The van der Waals surface area contributed by atoms with E-state index in [9.17, 15) is 43.2 Å². The van der Waals surface area contributed by atoms with Crippen molar-refractivity contribution in [2.45, 2.75) is 343 Å². The summed E-state index contributed by atoms with van der Waals surface area (Å²) >= 11 is 0. The largest absolute Gasteiger partial charge is 0.472 e. The van der Waals surface area contributed by atoms with E-state index in [1.807, 2.05) is 0 Å². The lowest BCUT2D eigenvalue weighted by Gasteiger charge is -2.21. The second kappa shape index (κ2) is 57.0. The number of ether oxygens (including phenoxy) is 4. The van der Waals surface area contributed by atoms with Crippen LogP contribution in [0.1, 0.15) is 325 Å². The minimum absolute atomic E-state index is 0.101. The molecule has 86 heavy (non-hydrogen) atoms. The highest BCUT2D eigenvalue weighted by Gasteiger charge is 2.30. The molecule has 0 spiro atoms. The Morgan fingerprint density at radius 1 is 0.291 bits per heavy atom. The fraction of sp³-hybridized carbons (Fsp3) is 0.940. The standard InChI is InChI=1S/C67H130O17P2/c1-57(2)43-35-27-19-14-11-9-10-12-16-22-31-39-47-64(69)77-53-62(83-66(71)49-41-33-23-17-13-15-20-28-36-44-58(3)4)55-81-85(73,74)79-51-61(68)52-80-86(75,76)82-56-63(84-67(72)50-42-34-26-25-30-38-46-60(7)8)54-78-65(70)48-40-32-24-18-21-29-37-45-59(5)6/h57-63,68H,9-56H2,1-8H3,(H,73,74)(H,75,76)/t61?,62-,63-/m1/s1. The summed E-state index contributed by atoms with van der Waals surface area (Å²) in [6.07, 6.45) is 37.8. The van der Waals surface area contributed by atoms with Crippen LogP contribution < -0.4 is 0 Å². The second-order valence-corrected chi connectivity index (χ2v) is 29.0. The van der Waals surface area contributed by atoms with Crippen molar-refractivity contribution in [2.75, 3.05) is 39.6 Å². The second-order valence-electron chi connectivity index (χ2n) is 26.1. The number of unbranched alkanes of at least 4 members (excludes halogenated alkanes) is 30. The fourth-order valence-electron chi connectivity index (χ4n) is 9.96. The molecule has 0 aliphatic heterocycles. The maximum Gasteiger partial charge on any atom is 0.472 e. The molecule has 0 bridgehead atoms.